The normalized spacial score (nSPS) is 10.7. The smallest absolute Gasteiger partial charge is 0.0736 e. The van der Waals surface area contributed by atoms with Crippen LogP contribution in [0.25, 0.3) is 0 Å². The Morgan fingerprint density at radius 2 is 2.09 bits per heavy atom. The van der Waals surface area contributed by atoms with Crippen molar-refractivity contribution in [3.63, 3.8) is 0 Å². The highest BCUT2D eigenvalue weighted by Gasteiger charge is 1.95. The van der Waals surface area contributed by atoms with Gasteiger partial charge in [0.15, 0.2) is 0 Å². The summed E-state index contributed by atoms with van der Waals surface area (Å²) in [4.78, 5) is 0. The molecule has 1 rings (SSSR count). The molecule has 1 aromatic carbocycles. The summed E-state index contributed by atoms with van der Waals surface area (Å²) < 4.78 is 0. The molecular weight excluding hydrogens is 138 g/mol. The molecule has 1 aromatic rings. The average molecular weight is 149 g/mol. The Hall–Kier alpha value is -1.31. The molecule has 0 radical (unpaired) electrons. The van der Waals surface area contributed by atoms with Gasteiger partial charge < -0.3 is 5.21 Å². The van der Waals surface area contributed by atoms with E-state index < -0.39 is 0 Å². The lowest BCUT2D eigenvalue weighted by atomic mass is 10.0. The predicted octanol–water partition coefficient (Wildman–Crippen LogP) is 2.11. The Morgan fingerprint density at radius 1 is 1.36 bits per heavy atom. The van der Waals surface area contributed by atoms with Gasteiger partial charge in [-0.25, -0.2) is 0 Å². The van der Waals surface area contributed by atoms with Crippen LogP contribution in [0.4, 0.5) is 0 Å². The summed E-state index contributed by atoms with van der Waals surface area (Å²) >= 11 is 0. The van der Waals surface area contributed by atoms with Gasteiger partial charge >= 0.3 is 0 Å². The Balaban J connectivity index is 3.16. The van der Waals surface area contributed by atoms with E-state index in [2.05, 4.69) is 5.16 Å². The number of nitrogens with zero attached hydrogens (tertiary/aromatic N) is 1. The summed E-state index contributed by atoms with van der Waals surface area (Å²) in [7, 11) is 0. The maximum absolute atomic E-state index is 8.30. The molecule has 0 aliphatic heterocycles. The molecule has 0 spiro atoms. The van der Waals surface area contributed by atoms with E-state index in [4.69, 9.17) is 5.21 Å². The maximum atomic E-state index is 8.30. The van der Waals surface area contributed by atoms with Crippen LogP contribution in [0.3, 0.4) is 0 Å². The third kappa shape index (κ3) is 1.58. The van der Waals surface area contributed by atoms with Crippen LogP contribution in [0.15, 0.2) is 23.4 Å². The van der Waals surface area contributed by atoms with Gasteiger partial charge in [0.1, 0.15) is 0 Å². The molecule has 0 heterocycles. The van der Waals surface area contributed by atoms with Crippen molar-refractivity contribution in [2.45, 2.75) is 13.8 Å². The zero-order valence-electron chi connectivity index (χ0n) is 6.70. The predicted molar refractivity (Wildman–Crippen MR) is 45.3 cm³/mol. The topological polar surface area (TPSA) is 32.6 Å². The second-order valence-corrected chi connectivity index (χ2v) is 2.53. The van der Waals surface area contributed by atoms with Crippen LogP contribution in [0.2, 0.25) is 0 Å². The van der Waals surface area contributed by atoms with Crippen molar-refractivity contribution in [2.75, 3.05) is 0 Å². The summed E-state index contributed by atoms with van der Waals surface area (Å²) in [5, 5.41) is 11.3. The van der Waals surface area contributed by atoms with Crippen molar-refractivity contribution in [1.29, 1.82) is 0 Å². The average Bonchev–Trinajstić information content (AvgIpc) is 1.99. The molecule has 1 N–H and O–H groups in total. The van der Waals surface area contributed by atoms with Crippen molar-refractivity contribution >= 4 is 6.21 Å². The van der Waals surface area contributed by atoms with Crippen molar-refractivity contribution in [3.05, 3.63) is 34.9 Å². The van der Waals surface area contributed by atoms with Crippen LogP contribution >= 0.6 is 0 Å². The van der Waals surface area contributed by atoms with E-state index in [9.17, 15) is 0 Å². The number of hydrogen-bond donors (Lipinski definition) is 1. The monoisotopic (exact) mass is 149 g/mol. The minimum Gasteiger partial charge on any atom is -0.411 e. The lowest BCUT2D eigenvalue weighted by Gasteiger charge is -2.01. The molecule has 2 nitrogen and oxygen atoms in total. The second-order valence-electron chi connectivity index (χ2n) is 2.53. The van der Waals surface area contributed by atoms with Gasteiger partial charge in [0.05, 0.1) is 6.21 Å². The third-order valence-electron chi connectivity index (χ3n) is 1.84. The summed E-state index contributed by atoms with van der Waals surface area (Å²) in [6.45, 7) is 4.04. The van der Waals surface area contributed by atoms with Crippen LogP contribution < -0.4 is 0 Å². The largest absolute Gasteiger partial charge is 0.411 e. The van der Waals surface area contributed by atoms with E-state index in [0.717, 1.165) is 11.1 Å². The zero-order chi connectivity index (χ0) is 8.27. The molecule has 0 aliphatic carbocycles. The first-order valence-corrected chi connectivity index (χ1v) is 3.49. The Bertz CT molecular complexity index is 279. The molecule has 0 unspecified atom stereocenters. The SMILES string of the molecule is Cc1cccc(/C=N\O)c1C. The molecule has 0 bridgehead atoms. The minimum atomic E-state index is 0.965. The van der Waals surface area contributed by atoms with Crippen LogP contribution in [-0.4, -0.2) is 11.4 Å². The van der Waals surface area contributed by atoms with Crippen LogP contribution in [-0.2, 0) is 0 Å². The van der Waals surface area contributed by atoms with Crippen molar-refractivity contribution < 1.29 is 5.21 Å². The number of rotatable bonds is 1. The quantitative estimate of drug-likeness (QED) is 0.370. The molecule has 0 amide bonds. The molecule has 0 atom stereocenters. The first-order chi connectivity index (χ1) is 5.25. The van der Waals surface area contributed by atoms with E-state index in [0.29, 0.717) is 0 Å². The summed E-state index contributed by atoms with van der Waals surface area (Å²) in [5.74, 6) is 0. The van der Waals surface area contributed by atoms with E-state index in [1.165, 1.54) is 11.8 Å². The van der Waals surface area contributed by atoms with Gasteiger partial charge in [-0.3, -0.25) is 0 Å². The lowest BCUT2D eigenvalue weighted by molar-refractivity contribution is 0.322. The summed E-state index contributed by atoms with van der Waals surface area (Å²) in [6.07, 6.45) is 1.45. The van der Waals surface area contributed by atoms with Crippen LogP contribution in [0.5, 0.6) is 0 Å². The van der Waals surface area contributed by atoms with Gasteiger partial charge in [-0.1, -0.05) is 23.4 Å². The van der Waals surface area contributed by atoms with Crippen LogP contribution in [0, 0.1) is 13.8 Å². The van der Waals surface area contributed by atoms with Gasteiger partial charge in [0.25, 0.3) is 0 Å². The van der Waals surface area contributed by atoms with Gasteiger partial charge in [-0.2, -0.15) is 0 Å². The number of hydrogen-bond acceptors (Lipinski definition) is 2. The Labute approximate surface area is 66.2 Å². The van der Waals surface area contributed by atoms with Crippen LogP contribution in [0.1, 0.15) is 16.7 Å². The van der Waals surface area contributed by atoms with E-state index in [1.807, 2.05) is 32.0 Å². The summed E-state index contributed by atoms with van der Waals surface area (Å²) in [5.41, 5.74) is 3.33. The number of aryl methyl sites for hydroxylation is 1. The minimum absolute atomic E-state index is 0.965. The highest BCUT2D eigenvalue weighted by molar-refractivity contribution is 5.81. The first-order valence-electron chi connectivity index (χ1n) is 3.49. The zero-order valence-corrected chi connectivity index (χ0v) is 6.70. The molecule has 11 heavy (non-hydrogen) atoms. The Kier molecular flexibility index (Phi) is 2.26. The van der Waals surface area contributed by atoms with E-state index in [1.54, 1.807) is 0 Å². The summed E-state index contributed by atoms with van der Waals surface area (Å²) in [6, 6.07) is 5.89. The molecule has 58 valence electrons. The highest BCUT2D eigenvalue weighted by Crippen LogP contribution is 2.09. The van der Waals surface area contributed by atoms with Crippen molar-refractivity contribution in [3.8, 4) is 0 Å². The standard InChI is InChI=1S/C9H11NO/c1-7-4-3-5-9(6-10-11)8(7)2/h3-6,11H,1-2H3/b10-6-. The molecule has 0 aliphatic rings. The maximum Gasteiger partial charge on any atom is 0.0736 e. The van der Waals surface area contributed by atoms with Crippen molar-refractivity contribution in [2.24, 2.45) is 5.16 Å². The first kappa shape index (κ1) is 7.79. The fraction of sp³-hybridized carbons (Fsp3) is 0.222. The number of benzene rings is 1. The molecular formula is C9H11NO. The highest BCUT2D eigenvalue weighted by atomic mass is 16.4. The molecule has 0 saturated carbocycles. The lowest BCUT2D eigenvalue weighted by Crippen LogP contribution is -1.89. The fourth-order valence-corrected chi connectivity index (χ4v) is 0.976. The number of oxime groups is 1. The third-order valence-corrected chi connectivity index (χ3v) is 1.84. The van der Waals surface area contributed by atoms with Gasteiger partial charge in [-0.15, -0.1) is 0 Å². The molecule has 0 aromatic heterocycles. The second kappa shape index (κ2) is 3.19. The van der Waals surface area contributed by atoms with E-state index >= 15 is 0 Å². The van der Waals surface area contributed by atoms with E-state index in [-0.39, 0.29) is 0 Å². The van der Waals surface area contributed by atoms with Gasteiger partial charge in [-0.05, 0) is 30.5 Å². The van der Waals surface area contributed by atoms with Gasteiger partial charge in [0.2, 0.25) is 0 Å². The van der Waals surface area contributed by atoms with Crippen molar-refractivity contribution in [1.82, 2.24) is 0 Å². The van der Waals surface area contributed by atoms with Gasteiger partial charge in [0, 0.05) is 0 Å². The Morgan fingerprint density at radius 3 is 2.73 bits per heavy atom. The fourth-order valence-electron chi connectivity index (χ4n) is 0.976. The molecule has 0 fully saturated rings. The molecule has 2 heteroatoms. The molecule has 0 saturated heterocycles.